The van der Waals surface area contributed by atoms with Crippen LogP contribution in [-0.4, -0.2) is 11.4 Å². The summed E-state index contributed by atoms with van der Waals surface area (Å²) < 4.78 is 27.8. The van der Waals surface area contributed by atoms with Crippen molar-refractivity contribution in [3.63, 3.8) is 0 Å². The number of halogens is 2. The van der Waals surface area contributed by atoms with Gasteiger partial charge in [-0.1, -0.05) is 19.9 Å². The molecule has 1 heterocycles. The van der Waals surface area contributed by atoms with E-state index < -0.39 is 22.6 Å². The van der Waals surface area contributed by atoms with E-state index in [1.54, 1.807) is 13.8 Å². The van der Waals surface area contributed by atoms with Crippen molar-refractivity contribution in [3.05, 3.63) is 35.4 Å². The third-order valence-electron chi connectivity index (χ3n) is 4.23. The molecule has 98 valence electrons. The lowest BCUT2D eigenvalue weighted by Gasteiger charge is -2.42. The van der Waals surface area contributed by atoms with Crippen molar-refractivity contribution in [2.45, 2.75) is 44.6 Å². The Bertz CT molecular complexity index is 478. The van der Waals surface area contributed by atoms with Gasteiger partial charge < -0.3 is 5.32 Å². The van der Waals surface area contributed by atoms with Crippen molar-refractivity contribution in [1.82, 2.24) is 5.32 Å². The van der Waals surface area contributed by atoms with E-state index >= 15 is 0 Å². The average Bonchev–Trinajstić information content (AvgIpc) is 2.59. The number of benzene rings is 1. The zero-order valence-corrected chi connectivity index (χ0v) is 10.8. The highest BCUT2D eigenvalue weighted by molar-refractivity contribution is 5.79. The minimum atomic E-state index is -0.811. The normalized spacial score (nSPS) is 24.2. The minimum Gasteiger partial charge on any atom is -0.350 e. The second-order valence-corrected chi connectivity index (χ2v) is 5.60. The molecule has 1 N–H and O–H groups in total. The molecule has 1 saturated heterocycles. The zero-order chi connectivity index (χ0) is 13.6. The van der Waals surface area contributed by atoms with Gasteiger partial charge in [-0.25, -0.2) is 8.78 Å². The summed E-state index contributed by atoms with van der Waals surface area (Å²) in [7, 11) is 0. The molecule has 0 spiro atoms. The first kappa shape index (κ1) is 13.0. The molecule has 1 aromatic rings. The van der Waals surface area contributed by atoms with E-state index in [0.29, 0.717) is 12.8 Å². The van der Waals surface area contributed by atoms with Gasteiger partial charge in [0, 0.05) is 22.9 Å². The molecule has 18 heavy (non-hydrogen) atoms. The maximum atomic E-state index is 13.9. The Kier molecular flexibility index (Phi) is 2.92. The summed E-state index contributed by atoms with van der Waals surface area (Å²) in [6.07, 6.45) is 0.975. The fourth-order valence-corrected chi connectivity index (χ4v) is 2.64. The molecule has 2 nitrogen and oxygen atoms in total. The molecule has 1 aromatic carbocycles. The van der Waals surface area contributed by atoms with E-state index in [-0.39, 0.29) is 11.5 Å². The van der Waals surface area contributed by atoms with Gasteiger partial charge in [0.1, 0.15) is 11.6 Å². The highest BCUT2D eigenvalue weighted by atomic mass is 19.1. The molecule has 0 aliphatic carbocycles. The molecule has 1 aliphatic heterocycles. The number of carbonyl (C=O) groups is 1. The summed E-state index contributed by atoms with van der Waals surface area (Å²) >= 11 is 0. The van der Waals surface area contributed by atoms with Gasteiger partial charge in [-0.15, -0.1) is 0 Å². The van der Waals surface area contributed by atoms with Crippen LogP contribution in [0.5, 0.6) is 0 Å². The zero-order valence-electron chi connectivity index (χ0n) is 10.8. The fraction of sp³-hybridized carbons (Fsp3) is 0.500. The van der Waals surface area contributed by atoms with E-state index in [1.807, 2.05) is 6.92 Å². The van der Waals surface area contributed by atoms with Crippen molar-refractivity contribution >= 4 is 5.91 Å². The fourth-order valence-electron chi connectivity index (χ4n) is 2.64. The maximum absolute atomic E-state index is 13.9. The van der Waals surface area contributed by atoms with Crippen LogP contribution in [-0.2, 0) is 10.2 Å². The average molecular weight is 253 g/mol. The topological polar surface area (TPSA) is 29.1 Å². The van der Waals surface area contributed by atoms with Crippen molar-refractivity contribution < 1.29 is 13.6 Å². The van der Waals surface area contributed by atoms with E-state index in [9.17, 15) is 13.6 Å². The molecular weight excluding hydrogens is 236 g/mol. The van der Waals surface area contributed by atoms with E-state index in [2.05, 4.69) is 5.32 Å². The molecule has 0 bridgehead atoms. The molecular formula is C14H17F2NO. The third-order valence-corrected chi connectivity index (χ3v) is 4.23. The molecule has 0 saturated carbocycles. The molecule has 0 radical (unpaired) electrons. The van der Waals surface area contributed by atoms with E-state index in [4.69, 9.17) is 0 Å². The van der Waals surface area contributed by atoms with Crippen LogP contribution < -0.4 is 5.32 Å². The molecule has 1 amide bonds. The first-order valence-corrected chi connectivity index (χ1v) is 6.03. The van der Waals surface area contributed by atoms with Crippen molar-refractivity contribution in [2.24, 2.45) is 0 Å². The van der Waals surface area contributed by atoms with Gasteiger partial charge in [0.05, 0.1) is 0 Å². The smallest absolute Gasteiger partial charge is 0.220 e. The molecule has 0 aromatic heterocycles. The van der Waals surface area contributed by atoms with Gasteiger partial charge in [-0.05, 0) is 25.5 Å². The first-order valence-electron chi connectivity index (χ1n) is 6.03. The standard InChI is InChI=1S/C14H17F2NO/c1-13(2,14(3)8-7-11(18)17-14)12-9(15)5-4-6-10(12)16/h4-6H,7-8H2,1-3H3,(H,17,18). The predicted octanol–water partition coefficient (Wildman–Crippen LogP) is 2.91. The Morgan fingerprint density at radius 3 is 2.28 bits per heavy atom. The monoisotopic (exact) mass is 253 g/mol. The highest BCUT2D eigenvalue weighted by Crippen LogP contribution is 2.42. The lowest BCUT2D eigenvalue weighted by molar-refractivity contribution is -0.120. The van der Waals surface area contributed by atoms with Crippen molar-refractivity contribution in [1.29, 1.82) is 0 Å². The van der Waals surface area contributed by atoms with Crippen LogP contribution in [0.4, 0.5) is 8.78 Å². The largest absolute Gasteiger partial charge is 0.350 e. The van der Waals surface area contributed by atoms with Gasteiger partial charge in [0.2, 0.25) is 5.91 Å². The van der Waals surface area contributed by atoms with Crippen LogP contribution in [0.15, 0.2) is 18.2 Å². The summed E-state index contributed by atoms with van der Waals surface area (Å²) in [6.45, 7) is 5.37. The van der Waals surface area contributed by atoms with Gasteiger partial charge >= 0.3 is 0 Å². The van der Waals surface area contributed by atoms with Crippen LogP contribution >= 0.6 is 0 Å². The van der Waals surface area contributed by atoms with Crippen LogP contribution in [0.1, 0.15) is 39.2 Å². The lowest BCUT2D eigenvalue weighted by Crippen LogP contribution is -2.54. The maximum Gasteiger partial charge on any atom is 0.220 e. The van der Waals surface area contributed by atoms with Crippen molar-refractivity contribution in [3.8, 4) is 0 Å². The Morgan fingerprint density at radius 1 is 1.28 bits per heavy atom. The molecule has 4 heteroatoms. The Labute approximate surface area is 105 Å². The van der Waals surface area contributed by atoms with Crippen LogP contribution in [0, 0.1) is 11.6 Å². The summed E-state index contributed by atoms with van der Waals surface area (Å²) in [5, 5.41) is 2.85. The highest BCUT2D eigenvalue weighted by Gasteiger charge is 2.48. The van der Waals surface area contributed by atoms with Crippen LogP contribution in [0.2, 0.25) is 0 Å². The summed E-state index contributed by atoms with van der Waals surface area (Å²) in [5.41, 5.74) is -1.41. The Hall–Kier alpha value is -1.45. The number of hydrogen-bond donors (Lipinski definition) is 1. The molecule has 1 unspecified atom stereocenters. The SMILES string of the molecule is CC1(C(C)(C)c2c(F)cccc2F)CCC(=O)N1. The molecule has 1 aliphatic rings. The second kappa shape index (κ2) is 4.04. The molecule has 2 rings (SSSR count). The lowest BCUT2D eigenvalue weighted by atomic mass is 9.67. The van der Waals surface area contributed by atoms with Gasteiger partial charge in [-0.3, -0.25) is 4.79 Å². The van der Waals surface area contributed by atoms with E-state index in [0.717, 1.165) is 0 Å². The summed E-state index contributed by atoms with van der Waals surface area (Å²) in [5.74, 6) is -1.20. The number of carbonyl (C=O) groups excluding carboxylic acids is 1. The Balaban J connectivity index is 2.51. The first-order chi connectivity index (χ1) is 8.28. The van der Waals surface area contributed by atoms with Gasteiger partial charge in [-0.2, -0.15) is 0 Å². The summed E-state index contributed by atoms with van der Waals surface area (Å²) in [4.78, 5) is 11.4. The number of rotatable bonds is 2. The predicted molar refractivity (Wildman–Crippen MR) is 65.2 cm³/mol. The quantitative estimate of drug-likeness (QED) is 0.862. The molecule has 1 fully saturated rings. The molecule has 1 atom stereocenters. The van der Waals surface area contributed by atoms with Crippen molar-refractivity contribution in [2.75, 3.05) is 0 Å². The van der Waals surface area contributed by atoms with Crippen LogP contribution in [0.25, 0.3) is 0 Å². The summed E-state index contributed by atoms with van der Waals surface area (Å²) in [6, 6.07) is 3.85. The number of amides is 1. The van der Waals surface area contributed by atoms with Gasteiger partial charge in [0.25, 0.3) is 0 Å². The van der Waals surface area contributed by atoms with Crippen LogP contribution in [0.3, 0.4) is 0 Å². The van der Waals surface area contributed by atoms with Gasteiger partial charge in [0.15, 0.2) is 0 Å². The van der Waals surface area contributed by atoms with E-state index in [1.165, 1.54) is 18.2 Å². The minimum absolute atomic E-state index is 0.0368. The number of nitrogens with one attached hydrogen (secondary N) is 1. The number of hydrogen-bond acceptors (Lipinski definition) is 1. The third kappa shape index (κ3) is 1.80. The Morgan fingerprint density at radius 2 is 1.83 bits per heavy atom. The second-order valence-electron chi connectivity index (χ2n) is 5.60.